The molecule has 0 saturated carbocycles. The van der Waals surface area contributed by atoms with Gasteiger partial charge in [0.05, 0.1) is 29.5 Å². The Balaban J connectivity index is 1.67. The molecule has 136 valence electrons. The van der Waals surface area contributed by atoms with E-state index >= 15 is 0 Å². The van der Waals surface area contributed by atoms with Gasteiger partial charge in [-0.05, 0) is 49.4 Å². The minimum Gasteiger partial charge on any atom is -0.467 e. The van der Waals surface area contributed by atoms with E-state index < -0.39 is 11.6 Å². The lowest BCUT2D eigenvalue weighted by Gasteiger charge is -2.09. The van der Waals surface area contributed by atoms with Gasteiger partial charge in [-0.3, -0.25) is 9.36 Å². The summed E-state index contributed by atoms with van der Waals surface area (Å²) in [6, 6.07) is 11.9. The summed E-state index contributed by atoms with van der Waals surface area (Å²) in [5.74, 6) is -0.417. The number of fused-ring (bicyclic) bond motifs is 1. The second kappa shape index (κ2) is 6.68. The molecule has 0 radical (unpaired) electrons. The molecule has 0 saturated heterocycles. The lowest BCUT2D eigenvalue weighted by Crippen LogP contribution is -2.22. The standard InChI is InChI=1S/C20H15F2N3O2/c1-12-24-17-9-13(20(26)23-11-15-3-2-8-27-15)4-6-19(17)25(12)18-7-5-14(21)10-16(18)22/h2-10H,11H2,1H3,(H,23,26). The number of rotatable bonds is 4. The first kappa shape index (κ1) is 17.0. The SMILES string of the molecule is Cc1nc2cc(C(=O)NCc3ccco3)ccc2n1-c1ccc(F)cc1F. The van der Waals surface area contributed by atoms with Gasteiger partial charge in [0, 0.05) is 11.6 Å². The Morgan fingerprint density at radius 1 is 1.19 bits per heavy atom. The van der Waals surface area contributed by atoms with Crippen molar-refractivity contribution in [2.24, 2.45) is 0 Å². The number of aromatic nitrogens is 2. The third-order valence-electron chi connectivity index (χ3n) is 4.24. The molecular formula is C20H15F2N3O2. The zero-order chi connectivity index (χ0) is 19.0. The van der Waals surface area contributed by atoms with E-state index in [1.807, 2.05) is 0 Å². The van der Waals surface area contributed by atoms with E-state index in [0.717, 1.165) is 6.07 Å². The van der Waals surface area contributed by atoms with Crippen LogP contribution in [0.3, 0.4) is 0 Å². The summed E-state index contributed by atoms with van der Waals surface area (Å²) < 4.78 is 34.2. The molecule has 27 heavy (non-hydrogen) atoms. The Hall–Kier alpha value is -3.48. The zero-order valence-electron chi connectivity index (χ0n) is 14.4. The first-order chi connectivity index (χ1) is 13.0. The van der Waals surface area contributed by atoms with Crippen molar-refractivity contribution in [1.29, 1.82) is 0 Å². The first-order valence-corrected chi connectivity index (χ1v) is 8.28. The number of furan rings is 1. The van der Waals surface area contributed by atoms with Gasteiger partial charge in [-0.25, -0.2) is 13.8 Å². The molecule has 0 aliphatic rings. The van der Waals surface area contributed by atoms with E-state index in [-0.39, 0.29) is 18.1 Å². The van der Waals surface area contributed by atoms with Crippen LogP contribution < -0.4 is 5.32 Å². The number of hydrogen-bond acceptors (Lipinski definition) is 3. The predicted octanol–water partition coefficient (Wildman–Crippen LogP) is 4.14. The number of aryl methyl sites for hydroxylation is 1. The fourth-order valence-corrected chi connectivity index (χ4v) is 2.99. The number of nitrogens with one attached hydrogen (secondary N) is 1. The normalized spacial score (nSPS) is 11.1. The molecule has 0 bridgehead atoms. The monoisotopic (exact) mass is 367 g/mol. The lowest BCUT2D eigenvalue weighted by molar-refractivity contribution is 0.0948. The molecule has 2 aromatic heterocycles. The molecule has 0 atom stereocenters. The van der Waals surface area contributed by atoms with E-state index in [9.17, 15) is 13.6 Å². The molecule has 2 aromatic carbocycles. The Morgan fingerprint density at radius 3 is 2.78 bits per heavy atom. The second-order valence-corrected chi connectivity index (χ2v) is 6.06. The van der Waals surface area contributed by atoms with Crippen molar-refractivity contribution in [3.8, 4) is 5.69 Å². The van der Waals surface area contributed by atoms with Crippen LogP contribution in [0.4, 0.5) is 8.78 Å². The maximum atomic E-state index is 14.2. The van der Waals surface area contributed by atoms with Crippen molar-refractivity contribution in [2.45, 2.75) is 13.5 Å². The number of benzene rings is 2. The smallest absolute Gasteiger partial charge is 0.251 e. The number of imidazole rings is 1. The number of carbonyl (C=O) groups excluding carboxylic acids is 1. The van der Waals surface area contributed by atoms with Crippen LogP contribution in [0.5, 0.6) is 0 Å². The summed E-state index contributed by atoms with van der Waals surface area (Å²) in [7, 11) is 0. The molecule has 1 amide bonds. The highest BCUT2D eigenvalue weighted by molar-refractivity contribution is 5.97. The molecule has 4 rings (SSSR count). The Labute approximate surface area is 153 Å². The summed E-state index contributed by atoms with van der Waals surface area (Å²) in [6.45, 7) is 2.00. The van der Waals surface area contributed by atoms with Crippen molar-refractivity contribution in [3.63, 3.8) is 0 Å². The van der Waals surface area contributed by atoms with Crippen LogP contribution in [0.15, 0.2) is 59.2 Å². The Bertz CT molecular complexity index is 1130. The molecule has 0 aliphatic carbocycles. The molecule has 4 aromatic rings. The van der Waals surface area contributed by atoms with Gasteiger partial charge in [0.25, 0.3) is 5.91 Å². The number of halogens is 2. The first-order valence-electron chi connectivity index (χ1n) is 8.28. The average Bonchev–Trinajstić information content (AvgIpc) is 3.26. The van der Waals surface area contributed by atoms with E-state index in [0.29, 0.717) is 28.2 Å². The van der Waals surface area contributed by atoms with E-state index in [2.05, 4.69) is 10.3 Å². The largest absolute Gasteiger partial charge is 0.467 e. The van der Waals surface area contributed by atoms with Gasteiger partial charge in [0.1, 0.15) is 23.2 Å². The number of nitrogens with zero attached hydrogens (tertiary/aromatic N) is 2. The van der Waals surface area contributed by atoms with Gasteiger partial charge in [-0.15, -0.1) is 0 Å². The summed E-state index contributed by atoms with van der Waals surface area (Å²) in [4.78, 5) is 16.8. The van der Waals surface area contributed by atoms with Crippen molar-refractivity contribution in [1.82, 2.24) is 14.9 Å². The molecule has 5 nitrogen and oxygen atoms in total. The predicted molar refractivity (Wildman–Crippen MR) is 95.6 cm³/mol. The van der Waals surface area contributed by atoms with Gasteiger partial charge >= 0.3 is 0 Å². The van der Waals surface area contributed by atoms with Gasteiger partial charge in [0.15, 0.2) is 0 Å². The minimum atomic E-state index is -0.683. The summed E-state index contributed by atoms with van der Waals surface area (Å²) in [5, 5.41) is 2.77. The third kappa shape index (κ3) is 3.19. The summed E-state index contributed by atoms with van der Waals surface area (Å²) in [6.07, 6.45) is 1.54. The van der Waals surface area contributed by atoms with Crippen LogP contribution in [0.1, 0.15) is 21.9 Å². The number of hydrogen-bond donors (Lipinski definition) is 1. The average molecular weight is 367 g/mol. The van der Waals surface area contributed by atoms with Gasteiger partial charge in [-0.1, -0.05) is 0 Å². The van der Waals surface area contributed by atoms with Crippen molar-refractivity contribution < 1.29 is 18.0 Å². The highest BCUT2D eigenvalue weighted by atomic mass is 19.1. The molecule has 0 aliphatic heterocycles. The lowest BCUT2D eigenvalue weighted by atomic mass is 10.2. The highest BCUT2D eigenvalue weighted by Gasteiger charge is 2.15. The molecule has 1 N–H and O–H groups in total. The van der Waals surface area contributed by atoms with Crippen LogP contribution >= 0.6 is 0 Å². The van der Waals surface area contributed by atoms with Crippen molar-refractivity contribution >= 4 is 16.9 Å². The van der Waals surface area contributed by atoms with Crippen molar-refractivity contribution in [2.75, 3.05) is 0 Å². The maximum Gasteiger partial charge on any atom is 0.251 e. The highest BCUT2D eigenvalue weighted by Crippen LogP contribution is 2.24. The topological polar surface area (TPSA) is 60.1 Å². The van der Waals surface area contributed by atoms with E-state index in [4.69, 9.17) is 4.42 Å². The molecule has 0 unspecified atom stereocenters. The zero-order valence-corrected chi connectivity index (χ0v) is 14.4. The number of amides is 1. The molecule has 0 spiro atoms. The summed E-state index contributed by atoms with van der Waals surface area (Å²) in [5.41, 5.74) is 1.80. The molecule has 0 fully saturated rings. The van der Waals surface area contributed by atoms with Crippen LogP contribution in [-0.4, -0.2) is 15.5 Å². The van der Waals surface area contributed by atoms with Gasteiger partial charge < -0.3 is 9.73 Å². The molecule has 7 heteroatoms. The molecule has 2 heterocycles. The maximum absolute atomic E-state index is 14.2. The quantitative estimate of drug-likeness (QED) is 0.590. The fraction of sp³-hybridized carbons (Fsp3) is 0.100. The van der Waals surface area contributed by atoms with Crippen LogP contribution in [0, 0.1) is 18.6 Å². The van der Waals surface area contributed by atoms with Gasteiger partial charge in [-0.2, -0.15) is 0 Å². The second-order valence-electron chi connectivity index (χ2n) is 6.06. The Kier molecular flexibility index (Phi) is 4.19. The minimum absolute atomic E-state index is 0.200. The third-order valence-corrected chi connectivity index (χ3v) is 4.24. The fourth-order valence-electron chi connectivity index (χ4n) is 2.99. The van der Waals surface area contributed by atoms with E-state index in [1.54, 1.807) is 41.8 Å². The number of carbonyl (C=O) groups is 1. The van der Waals surface area contributed by atoms with Crippen LogP contribution in [-0.2, 0) is 6.54 Å². The van der Waals surface area contributed by atoms with Crippen LogP contribution in [0.25, 0.3) is 16.7 Å². The van der Waals surface area contributed by atoms with Crippen LogP contribution in [0.2, 0.25) is 0 Å². The van der Waals surface area contributed by atoms with Crippen molar-refractivity contribution in [3.05, 3.63) is 83.6 Å². The Morgan fingerprint density at radius 2 is 2.04 bits per heavy atom. The summed E-state index contributed by atoms with van der Waals surface area (Å²) >= 11 is 0. The van der Waals surface area contributed by atoms with Gasteiger partial charge in [0.2, 0.25) is 0 Å². The van der Waals surface area contributed by atoms with E-state index in [1.165, 1.54) is 18.4 Å². The molecular weight excluding hydrogens is 352 g/mol.